The van der Waals surface area contributed by atoms with Gasteiger partial charge in [0.2, 0.25) is 0 Å². The summed E-state index contributed by atoms with van der Waals surface area (Å²) in [4.78, 5) is 0.537. The normalized spacial score (nSPS) is 9.14. The van der Waals surface area contributed by atoms with Crippen molar-refractivity contribution in [2.24, 2.45) is 0 Å². The van der Waals surface area contributed by atoms with Crippen molar-refractivity contribution in [1.29, 1.82) is 0 Å². The number of nitrogens with zero attached hydrogens (tertiary/aromatic N) is 2. The van der Waals surface area contributed by atoms with E-state index in [0.717, 1.165) is 12.4 Å². The van der Waals surface area contributed by atoms with Crippen LogP contribution in [0.4, 0.5) is 0 Å². The van der Waals surface area contributed by atoms with E-state index in [1.165, 1.54) is 0 Å². The van der Waals surface area contributed by atoms with E-state index in [4.69, 9.17) is 10.3 Å². The average molecular weight is 100 g/mol. The van der Waals surface area contributed by atoms with Crippen LogP contribution in [0, 0.1) is 0 Å². The molecule has 0 aromatic carbocycles. The Balaban J connectivity index is 3.04. The minimum Gasteiger partial charge on any atom is -0.505 e. The Morgan fingerprint density at radius 1 is 1.71 bits per heavy atom. The lowest BCUT2D eigenvalue weighted by Crippen LogP contribution is -1.86. The first-order valence-electron chi connectivity index (χ1n) is 1.72. The monoisotopic (exact) mass is 100 g/mol. The highest BCUT2D eigenvalue weighted by Crippen LogP contribution is 2.00. The minimum atomic E-state index is -0.0394. The topological polar surface area (TPSA) is 58.3 Å². The molecule has 1 heterocycles. The second-order valence-electron chi connectivity index (χ2n) is 1.12. The van der Waals surface area contributed by atoms with Crippen molar-refractivity contribution in [2.75, 3.05) is 0 Å². The van der Waals surface area contributed by atoms with E-state index in [1.54, 1.807) is 0 Å². The van der Waals surface area contributed by atoms with E-state index in [0.29, 0.717) is 4.85 Å². The molecular weight excluding hydrogens is 96.0 g/mol. The molecule has 7 heavy (non-hydrogen) atoms. The van der Waals surface area contributed by atoms with Crippen molar-refractivity contribution in [1.82, 2.24) is 9.94 Å². The Kier molecular flexibility index (Phi) is 0.651. The van der Waals surface area contributed by atoms with Crippen LogP contribution in [0.2, 0.25) is 0 Å². The molecule has 0 radical (unpaired) electrons. The van der Waals surface area contributed by atoms with Crippen molar-refractivity contribution >= 4 is 0 Å². The van der Waals surface area contributed by atoms with E-state index < -0.39 is 0 Å². The van der Waals surface area contributed by atoms with Gasteiger partial charge in [-0.15, -0.1) is 9.94 Å². The lowest BCUT2D eigenvalue weighted by atomic mass is 10.7. The number of hydrogen-bond donors (Lipinski definition) is 2. The van der Waals surface area contributed by atoms with Crippen LogP contribution in [-0.4, -0.2) is 20.3 Å². The molecule has 0 saturated carbocycles. The zero-order valence-corrected chi connectivity index (χ0v) is 3.44. The van der Waals surface area contributed by atoms with Gasteiger partial charge in [0.05, 0.1) is 6.20 Å². The summed E-state index contributed by atoms with van der Waals surface area (Å²) in [5, 5.41) is 19.9. The van der Waals surface area contributed by atoms with Crippen molar-refractivity contribution in [3.8, 4) is 5.75 Å². The van der Waals surface area contributed by atoms with Gasteiger partial charge in [0.15, 0.2) is 5.75 Å². The maximum absolute atomic E-state index is 8.41. The molecule has 0 aliphatic rings. The molecule has 1 rings (SSSR count). The van der Waals surface area contributed by atoms with Gasteiger partial charge < -0.3 is 10.3 Å². The van der Waals surface area contributed by atoms with Crippen LogP contribution in [0.3, 0.4) is 0 Å². The molecule has 0 amide bonds. The number of rotatable bonds is 0. The number of aromatic hydroxyl groups is 1. The van der Waals surface area contributed by atoms with E-state index in [2.05, 4.69) is 5.10 Å². The lowest BCUT2D eigenvalue weighted by Gasteiger charge is -1.77. The highest BCUT2D eigenvalue weighted by Gasteiger charge is 1.87. The SMILES string of the molecule is Oc1cnn(O)c1. The summed E-state index contributed by atoms with van der Waals surface area (Å²) in [6.45, 7) is 0. The Morgan fingerprint density at radius 3 is 2.57 bits per heavy atom. The first-order chi connectivity index (χ1) is 3.29. The Morgan fingerprint density at radius 2 is 2.43 bits per heavy atom. The first-order valence-corrected chi connectivity index (χ1v) is 1.72. The van der Waals surface area contributed by atoms with E-state index in [-0.39, 0.29) is 5.75 Å². The predicted octanol–water partition coefficient (Wildman–Crippen LogP) is -0.174. The average Bonchev–Trinajstić information content (AvgIpc) is 1.87. The molecule has 2 N–H and O–H groups in total. The molecule has 0 atom stereocenters. The fourth-order valence-electron chi connectivity index (χ4n) is 0.303. The van der Waals surface area contributed by atoms with Gasteiger partial charge in [-0.3, -0.25) is 0 Å². The fourth-order valence-corrected chi connectivity index (χ4v) is 0.303. The van der Waals surface area contributed by atoms with Gasteiger partial charge >= 0.3 is 0 Å². The van der Waals surface area contributed by atoms with Gasteiger partial charge in [0, 0.05) is 0 Å². The van der Waals surface area contributed by atoms with Crippen LogP contribution in [-0.2, 0) is 0 Å². The van der Waals surface area contributed by atoms with Crippen molar-refractivity contribution in [3.63, 3.8) is 0 Å². The van der Waals surface area contributed by atoms with Gasteiger partial charge in [-0.1, -0.05) is 0 Å². The first kappa shape index (κ1) is 3.98. The maximum atomic E-state index is 8.41. The molecule has 0 saturated heterocycles. The molecule has 0 unspecified atom stereocenters. The minimum absolute atomic E-state index is 0.0394. The van der Waals surface area contributed by atoms with Crippen LogP contribution >= 0.6 is 0 Å². The molecule has 0 aliphatic heterocycles. The van der Waals surface area contributed by atoms with Gasteiger partial charge in [-0.05, 0) is 0 Å². The smallest absolute Gasteiger partial charge is 0.157 e. The van der Waals surface area contributed by atoms with E-state index in [9.17, 15) is 0 Å². The van der Waals surface area contributed by atoms with E-state index >= 15 is 0 Å². The molecule has 38 valence electrons. The number of hydrogen-bond acceptors (Lipinski definition) is 3. The quantitative estimate of drug-likeness (QED) is 0.445. The van der Waals surface area contributed by atoms with Crippen LogP contribution < -0.4 is 0 Å². The van der Waals surface area contributed by atoms with Crippen molar-refractivity contribution in [3.05, 3.63) is 12.4 Å². The Hall–Kier alpha value is -1.19. The molecule has 1 aromatic heterocycles. The van der Waals surface area contributed by atoms with Crippen LogP contribution in [0.1, 0.15) is 0 Å². The lowest BCUT2D eigenvalue weighted by molar-refractivity contribution is 0.148. The summed E-state index contributed by atoms with van der Waals surface area (Å²) in [5.41, 5.74) is 0. The summed E-state index contributed by atoms with van der Waals surface area (Å²) in [7, 11) is 0. The maximum Gasteiger partial charge on any atom is 0.157 e. The summed E-state index contributed by atoms with van der Waals surface area (Å²) < 4.78 is 0. The predicted molar refractivity (Wildman–Crippen MR) is 21.1 cm³/mol. The van der Waals surface area contributed by atoms with Gasteiger partial charge in [-0.25, -0.2) is 0 Å². The molecule has 0 aliphatic carbocycles. The van der Waals surface area contributed by atoms with Crippen molar-refractivity contribution in [2.45, 2.75) is 0 Å². The second-order valence-corrected chi connectivity index (χ2v) is 1.12. The summed E-state index contributed by atoms with van der Waals surface area (Å²) in [6.07, 6.45) is 2.22. The highest BCUT2D eigenvalue weighted by atomic mass is 16.5. The Bertz CT molecular complexity index is 143. The summed E-state index contributed by atoms with van der Waals surface area (Å²) >= 11 is 0. The molecule has 0 bridgehead atoms. The highest BCUT2D eigenvalue weighted by molar-refractivity contribution is 5.07. The van der Waals surface area contributed by atoms with Crippen LogP contribution in [0.15, 0.2) is 12.4 Å². The third kappa shape index (κ3) is 0.623. The molecule has 0 fully saturated rings. The molecule has 1 aromatic rings. The Labute approximate surface area is 39.6 Å². The van der Waals surface area contributed by atoms with Crippen LogP contribution in [0.25, 0.3) is 0 Å². The third-order valence-corrected chi connectivity index (χ3v) is 0.556. The van der Waals surface area contributed by atoms with E-state index in [1.807, 2.05) is 0 Å². The van der Waals surface area contributed by atoms with Gasteiger partial charge in [-0.2, -0.15) is 0 Å². The zero-order valence-electron chi connectivity index (χ0n) is 3.44. The molecule has 4 heteroatoms. The molecule has 4 nitrogen and oxygen atoms in total. The summed E-state index contributed by atoms with van der Waals surface area (Å²) in [6, 6.07) is 0. The fraction of sp³-hybridized carbons (Fsp3) is 0. The van der Waals surface area contributed by atoms with Crippen molar-refractivity contribution < 1.29 is 10.3 Å². The summed E-state index contributed by atoms with van der Waals surface area (Å²) in [5.74, 6) is -0.0394. The zero-order chi connectivity index (χ0) is 5.28. The number of aromatic nitrogens is 2. The van der Waals surface area contributed by atoms with Gasteiger partial charge in [0.1, 0.15) is 6.20 Å². The second kappa shape index (κ2) is 1.14. The van der Waals surface area contributed by atoms with Gasteiger partial charge in [0.25, 0.3) is 0 Å². The third-order valence-electron chi connectivity index (χ3n) is 0.556. The molecule has 0 spiro atoms. The largest absolute Gasteiger partial charge is 0.505 e. The molecular formula is C3H4N2O2. The standard InChI is InChI=1S/C3H4N2O2/c6-3-1-4-5(7)2-3/h1-2,6-7H. The van der Waals surface area contributed by atoms with Crippen LogP contribution in [0.5, 0.6) is 5.75 Å².